The molecule has 1 rings (SSSR count). The molecule has 0 saturated heterocycles. The van der Waals surface area contributed by atoms with E-state index in [0.29, 0.717) is 6.42 Å². The Balaban J connectivity index is 2.74. The maximum atomic E-state index is 10.6. The van der Waals surface area contributed by atoms with E-state index < -0.39 is 5.97 Å². The number of aryl methyl sites for hydroxylation is 2. The fourth-order valence-corrected chi connectivity index (χ4v) is 1.26. The molecule has 0 amide bonds. The van der Waals surface area contributed by atoms with Gasteiger partial charge in [-0.15, -0.1) is 0 Å². The summed E-state index contributed by atoms with van der Waals surface area (Å²) in [5, 5.41) is 8.70. The Morgan fingerprint density at radius 3 is 2.62 bits per heavy atom. The van der Waals surface area contributed by atoms with Crippen molar-refractivity contribution in [2.45, 2.75) is 27.2 Å². The first-order chi connectivity index (χ1) is 6.00. The number of carbonyl (C=O) groups is 1. The predicted molar refractivity (Wildman–Crippen MR) is 48.7 cm³/mol. The largest absolute Gasteiger partial charge is 0.481 e. The number of hydrogen-bond acceptors (Lipinski definition) is 2. The molecule has 1 unspecified atom stereocenters. The van der Waals surface area contributed by atoms with Crippen molar-refractivity contribution in [2.24, 2.45) is 5.92 Å². The minimum absolute atomic E-state index is 0.385. The molecule has 0 fully saturated rings. The van der Waals surface area contributed by atoms with Gasteiger partial charge in [-0.1, -0.05) is 6.92 Å². The van der Waals surface area contributed by atoms with Gasteiger partial charge in [-0.3, -0.25) is 4.79 Å². The first-order valence-electron chi connectivity index (χ1n) is 4.29. The third-order valence-corrected chi connectivity index (χ3v) is 2.06. The lowest BCUT2D eigenvalue weighted by molar-refractivity contribution is -0.141. The molecule has 1 aromatic heterocycles. The van der Waals surface area contributed by atoms with Gasteiger partial charge >= 0.3 is 5.97 Å². The Bertz CT molecular complexity index is 312. The van der Waals surface area contributed by atoms with Gasteiger partial charge in [-0.25, -0.2) is 0 Å². The quantitative estimate of drug-likeness (QED) is 0.779. The maximum absolute atomic E-state index is 10.6. The van der Waals surface area contributed by atoms with Crippen molar-refractivity contribution in [3.63, 3.8) is 0 Å². The maximum Gasteiger partial charge on any atom is 0.306 e. The fourth-order valence-electron chi connectivity index (χ4n) is 1.26. The number of furan rings is 1. The van der Waals surface area contributed by atoms with Crippen molar-refractivity contribution in [1.82, 2.24) is 0 Å². The van der Waals surface area contributed by atoms with Crippen LogP contribution in [0.15, 0.2) is 10.5 Å². The van der Waals surface area contributed by atoms with Crippen LogP contribution >= 0.6 is 0 Å². The number of aliphatic carboxylic acids is 1. The van der Waals surface area contributed by atoms with Crippen LogP contribution in [0.25, 0.3) is 0 Å². The molecule has 3 heteroatoms. The van der Waals surface area contributed by atoms with E-state index >= 15 is 0 Å². The van der Waals surface area contributed by atoms with Crippen molar-refractivity contribution >= 4 is 5.97 Å². The molecule has 1 heterocycles. The topological polar surface area (TPSA) is 50.4 Å². The third-order valence-electron chi connectivity index (χ3n) is 2.06. The first-order valence-corrected chi connectivity index (χ1v) is 4.29. The van der Waals surface area contributed by atoms with Crippen LogP contribution in [0.5, 0.6) is 0 Å². The SMILES string of the molecule is Cc1cc(C)c(CC(C)C(=O)O)o1. The molecule has 1 atom stereocenters. The Labute approximate surface area is 77.4 Å². The lowest BCUT2D eigenvalue weighted by atomic mass is 10.0. The summed E-state index contributed by atoms with van der Waals surface area (Å²) < 4.78 is 5.37. The van der Waals surface area contributed by atoms with Crippen LogP contribution in [0.2, 0.25) is 0 Å². The minimum atomic E-state index is -0.784. The van der Waals surface area contributed by atoms with Crippen LogP contribution in [-0.4, -0.2) is 11.1 Å². The summed E-state index contributed by atoms with van der Waals surface area (Å²) >= 11 is 0. The molecule has 0 aromatic carbocycles. The predicted octanol–water partition coefficient (Wildman–Crippen LogP) is 2.16. The lowest BCUT2D eigenvalue weighted by Gasteiger charge is -2.03. The summed E-state index contributed by atoms with van der Waals surface area (Å²) in [7, 11) is 0. The second-order valence-corrected chi connectivity index (χ2v) is 3.41. The van der Waals surface area contributed by atoms with E-state index in [9.17, 15) is 4.79 Å². The molecule has 0 saturated carbocycles. The molecule has 0 aliphatic carbocycles. The van der Waals surface area contributed by atoms with Crippen LogP contribution in [0.1, 0.15) is 24.0 Å². The van der Waals surface area contributed by atoms with Gasteiger partial charge in [-0.05, 0) is 25.5 Å². The monoisotopic (exact) mass is 182 g/mol. The van der Waals surface area contributed by atoms with E-state index in [4.69, 9.17) is 9.52 Å². The lowest BCUT2D eigenvalue weighted by Crippen LogP contribution is -2.12. The molecule has 0 aliphatic heterocycles. The highest BCUT2D eigenvalue weighted by molar-refractivity contribution is 5.69. The molecule has 3 nitrogen and oxygen atoms in total. The summed E-state index contributed by atoms with van der Waals surface area (Å²) in [6, 6.07) is 1.92. The van der Waals surface area contributed by atoms with Crippen molar-refractivity contribution in [3.8, 4) is 0 Å². The third kappa shape index (κ3) is 2.34. The molecule has 0 spiro atoms. The molecule has 0 aliphatic rings. The molecule has 1 aromatic rings. The minimum Gasteiger partial charge on any atom is -0.481 e. The van der Waals surface area contributed by atoms with Gasteiger partial charge in [0.2, 0.25) is 0 Å². The van der Waals surface area contributed by atoms with Gasteiger partial charge in [0.1, 0.15) is 11.5 Å². The van der Waals surface area contributed by atoms with Crippen LogP contribution < -0.4 is 0 Å². The molecule has 72 valence electrons. The second kappa shape index (κ2) is 3.64. The summed E-state index contributed by atoms with van der Waals surface area (Å²) in [5.41, 5.74) is 1.03. The Kier molecular flexibility index (Phi) is 2.76. The normalized spacial score (nSPS) is 12.8. The highest BCUT2D eigenvalue weighted by atomic mass is 16.4. The zero-order chi connectivity index (χ0) is 10.0. The molecule has 0 radical (unpaired) electrons. The van der Waals surface area contributed by atoms with Gasteiger partial charge in [0.05, 0.1) is 5.92 Å². The molecule has 0 bridgehead atoms. The van der Waals surface area contributed by atoms with Gasteiger partial charge in [0.15, 0.2) is 0 Å². The van der Waals surface area contributed by atoms with Crippen molar-refractivity contribution in [2.75, 3.05) is 0 Å². The standard InChI is InChI=1S/C10H14O3/c1-6-4-8(3)13-9(6)5-7(2)10(11)12/h4,7H,5H2,1-3H3,(H,11,12). The molecule has 13 heavy (non-hydrogen) atoms. The van der Waals surface area contributed by atoms with Crippen LogP contribution in [-0.2, 0) is 11.2 Å². The van der Waals surface area contributed by atoms with Crippen molar-refractivity contribution in [1.29, 1.82) is 0 Å². The summed E-state index contributed by atoms with van der Waals surface area (Å²) in [6.45, 7) is 5.47. The highest BCUT2D eigenvalue weighted by Crippen LogP contribution is 2.17. The van der Waals surface area contributed by atoms with Crippen LogP contribution in [0.3, 0.4) is 0 Å². The second-order valence-electron chi connectivity index (χ2n) is 3.41. The highest BCUT2D eigenvalue weighted by Gasteiger charge is 2.15. The van der Waals surface area contributed by atoms with Gasteiger partial charge in [0.25, 0.3) is 0 Å². The van der Waals surface area contributed by atoms with Crippen LogP contribution in [0.4, 0.5) is 0 Å². The zero-order valence-electron chi connectivity index (χ0n) is 8.13. The molecular formula is C10H14O3. The number of hydrogen-bond donors (Lipinski definition) is 1. The van der Waals surface area contributed by atoms with Gasteiger partial charge in [-0.2, -0.15) is 0 Å². The van der Waals surface area contributed by atoms with E-state index in [1.807, 2.05) is 19.9 Å². The molecular weight excluding hydrogens is 168 g/mol. The van der Waals surface area contributed by atoms with Crippen LogP contribution in [0, 0.1) is 19.8 Å². The molecule has 1 N–H and O–H groups in total. The Hall–Kier alpha value is -1.25. The zero-order valence-corrected chi connectivity index (χ0v) is 8.13. The van der Waals surface area contributed by atoms with Gasteiger partial charge in [0, 0.05) is 6.42 Å². The summed E-state index contributed by atoms with van der Waals surface area (Å²) in [4.78, 5) is 10.6. The van der Waals surface area contributed by atoms with E-state index in [1.54, 1.807) is 6.92 Å². The van der Waals surface area contributed by atoms with E-state index in [-0.39, 0.29) is 5.92 Å². The van der Waals surface area contributed by atoms with E-state index in [1.165, 1.54) is 0 Å². The number of carboxylic acid groups (broad SMARTS) is 1. The van der Waals surface area contributed by atoms with Crippen molar-refractivity contribution in [3.05, 3.63) is 23.2 Å². The summed E-state index contributed by atoms with van der Waals surface area (Å²) in [6.07, 6.45) is 0.467. The smallest absolute Gasteiger partial charge is 0.306 e. The average Bonchev–Trinajstić information content (AvgIpc) is 2.30. The average molecular weight is 182 g/mol. The first kappa shape index (κ1) is 9.84. The summed E-state index contributed by atoms with van der Waals surface area (Å²) in [5.74, 6) is 0.454. The van der Waals surface area contributed by atoms with E-state index in [0.717, 1.165) is 17.1 Å². The fraction of sp³-hybridized carbons (Fsp3) is 0.500. The Morgan fingerprint density at radius 1 is 1.62 bits per heavy atom. The number of carboxylic acids is 1. The van der Waals surface area contributed by atoms with Gasteiger partial charge < -0.3 is 9.52 Å². The van der Waals surface area contributed by atoms with E-state index in [2.05, 4.69) is 0 Å². The van der Waals surface area contributed by atoms with Crippen molar-refractivity contribution < 1.29 is 14.3 Å². The Morgan fingerprint density at radius 2 is 2.23 bits per heavy atom. The number of rotatable bonds is 3.